The molecule has 0 radical (unpaired) electrons. The summed E-state index contributed by atoms with van der Waals surface area (Å²) in [4.78, 5) is 10.2. The molecule has 0 aliphatic heterocycles. The third kappa shape index (κ3) is 5.06. The van der Waals surface area contributed by atoms with Crippen LogP contribution in [-0.4, -0.2) is 30.7 Å². The van der Waals surface area contributed by atoms with E-state index in [0.717, 1.165) is 6.07 Å². The minimum absolute atomic E-state index is 0.287. The molecule has 0 saturated carbocycles. The van der Waals surface area contributed by atoms with Crippen LogP contribution in [0.2, 0.25) is 5.02 Å². The lowest BCUT2D eigenvalue weighted by Gasteiger charge is -2.28. The minimum atomic E-state index is -6.05. The zero-order valence-corrected chi connectivity index (χ0v) is 12.6. The maximum absolute atomic E-state index is 13.3. The number of nitrogens with zero attached hydrogens (tertiary/aromatic N) is 1. The van der Waals surface area contributed by atoms with Crippen LogP contribution in [0.4, 0.5) is 45.2 Å². The maximum Gasteiger partial charge on any atom is 0.491 e. The van der Waals surface area contributed by atoms with Crippen molar-refractivity contribution in [3.05, 3.63) is 23.2 Å². The number of rotatable bonds is 4. The highest BCUT2D eigenvalue weighted by atomic mass is 35.5. The maximum atomic E-state index is 13.3. The first kappa shape index (κ1) is 21.2. The van der Waals surface area contributed by atoms with Crippen LogP contribution in [-0.2, 0) is 4.79 Å². The Morgan fingerprint density at radius 3 is 2.04 bits per heavy atom. The molecule has 25 heavy (non-hydrogen) atoms. The second kappa shape index (κ2) is 6.81. The largest absolute Gasteiger partial charge is 0.491 e. The monoisotopic (exact) mass is 403 g/mol. The van der Waals surface area contributed by atoms with E-state index in [1.54, 1.807) is 0 Å². The first-order valence-electron chi connectivity index (χ1n) is 6.02. The van der Waals surface area contributed by atoms with E-state index in [0.29, 0.717) is 13.0 Å². The van der Waals surface area contributed by atoms with Crippen LogP contribution < -0.4 is 9.64 Å². The van der Waals surface area contributed by atoms with E-state index in [1.807, 2.05) is 0 Å². The van der Waals surface area contributed by atoms with Gasteiger partial charge in [0.15, 0.2) is 5.75 Å². The van der Waals surface area contributed by atoms with Gasteiger partial charge in [-0.15, -0.1) is 13.2 Å². The number of hydrogen-bond donors (Lipinski definition) is 0. The number of halogens is 10. The van der Waals surface area contributed by atoms with Gasteiger partial charge < -0.3 is 4.74 Å². The fourth-order valence-corrected chi connectivity index (χ4v) is 1.79. The molecule has 0 aliphatic rings. The van der Waals surface area contributed by atoms with Crippen LogP contribution in [0.25, 0.3) is 0 Å². The second-order valence-electron chi connectivity index (χ2n) is 4.50. The van der Waals surface area contributed by atoms with Crippen LogP contribution in [0, 0.1) is 0 Å². The van der Waals surface area contributed by atoms with Gasteiger partial charge in [-0.05, 0) is 12.1 Å². The first-order valence-corrected chi connectivity index (χ1v) is 6.40. The quantitative estimate of drug-likeness (QED) is 0.518. The molecular formula is C12H7ClF9NO2. The molecule has 1 unspecified atom stereocenters. The van der Waals surface area contributed by atoms with E-state index >= 15 is 0 Å². The van der Waals surface area contributed by atoms with Gasteiger partial charge in [0.2, 0.25) is 5.91 Å². The number of amides is 1. The van der Waals surface area contributed by atoms with E-state index in [4.69, 9.17) is 11.6 Å². The van der Waals surface area contributed by atoms with Crippen molar-refractivity contribution in [2.75, 3.05) is 4.90 Å². The minimum Gasteiger partial charge on any atom is -0.428 e. The van der Waals surface area contributed by atoms with Crippen molar-refractivity contribution >= 4 is 23.2 Å². The van der Waals surface area contributed by atoms with E-state index in [-0.39, 0.29) is 6.07 Å². The average Bonchev–Trinajstić information content (AvgIpc) is 2.37. The van der Waals surface area contributed by atoms with Crippen LogP contribution in [0.15, 0.2) is 18.2 Å². The van der Waals surface area contributed by atoms with Crippen molar-refractivity contribution in [2.45, 2.75) is 31.7 Å². The number of hydrogen-bond acceptors (Lipinski definition) is 2. The lowest BCUT2D eigenvalue weighted by molar-refractivity contribution is -0.304. The first-order chi connectivity index (χ1) is 11.1. The molecule has 13 heteroatoms. The number of alkyl halides is 9. The number of ether oxygens (including phenoxy) is 1. The van der Waals surface area contributed by atoms with Gasteiger partial charge in [-0.2, -0.15) is 22.0 Å². The molecule has 3 nitrogen and oxygen atoms in total. The molecule has 0 spiro atoms. The van der Waals surface area contributed by atoms with Gasteiger partial charge in [-0.25, -0.2) is 9.29 Å². The van der Waals surface area contributed by atoms with Gasteiger partial charge in [0.25, 0.3) is 6.17 Å². The van der Waals surface area contributed by atoms with E-state index in [2.05, 4.69) is 4.74 Å². The van der Waals surface area contributed by atoms with Gasteiger partial charge in [-0.3, -0.25) is 4.79 Å². The molecule has 1 aromatic rings. The molecule has 1 aromatic carbocycles. The van der Waals surface area contributed by atoms with Crippen molar-refractivity contribution in [3.8, 4) is 5.75 Å². The number of anilines is 1. The Labute approximate surface area is 138 Å². The molecule has 0 heterocycles. The molecule has 142 valence electrons. The highest BCUT2D eigenvalue weighted by molar-refractivity contribution is 6.30. The summed E-state index contributed by atoms with van der Waals surface area (Å²) >= 11 is 5.39. The molecule has 1 rings (SSSR count). The molecule has 0 aliphatic carbocycles. The Kier molecular flexibility index (Phi) is 5.77. The highest BCUT2D eigenvalue weighted by Crippen LogP contribution is 2.42. The molecule has 0 aromatic heterocycles. The summed E-state index contributed by atoms with van der Waals surface area (Å²) in [6, 6.07) is 1.43. The summed E-state index contributed by atoms with van der Waals surface area (Å²) in [5, 5.41) is -0.511. The smallest absolute Gasteiger partial charge is 0.428 e. The van der Waals surface area contributed by atoms with Crippen LogP contribution in [0.3, 0.4) is 0 Å². The van der Waals surface area contributed by atoms with Crippen LogP contribution >= 0.6 is 11.6 Å². The van der Waals surface area contributed by atoms with Gasteiger partial charge in [0, 0.05) is 18.0 Å². The van der Waals surface area contributed by atoms with Crippen LogP contribution in [0.1, 0.15) is 6.92 Å². The van der Waals surface area contributed by atoms with E-state index in [1.165, 1.54) is 0 Å². The highest BCUT2D eigenvalue weighted by Gasteiger charge is 2.59. The predicted octanol–water partition coefficient (Wildman–Crippen LogP) is 5.08. The zero-order valence-electron chi connectivity index (χ0n) is 11.9. The topological polar surface area (TPSA) is 29.5 Å². The van der Waals surface area contributed by atoms with Crippen molar-refractivity contribution < 1.29 is 49.0 Å². The molecule has 0 fully saturated rings. The van der Waals surface area contributed by atoms with Crippen molar-refractivity contribution in [1.82, 2.24) is 0 Å². The lowest BCUT2D eigenvalue weighted by Crippen LogP contribution is -2.46. The van der Waals surface area contributed by atoms with Crippen molar-refractivity contribution in [3.63, 3.8) is 0 Å². The predicted molar refractivity (Wildman–Crippen MR) is 67.2 cm³/mol. The molecule has 0 bridgehead atoms. The molecule has 0 saturated heterocycles. The Morgan fingerprint density at radius 2 is 1.64 bits per heavy atom. The number of carbonyl (C=O) groups excluding carboxylic acids is 1. The third-order valence-corrected chi connectivity index (χ3v) is 2.79. The summed E-state index contributed by atoms with van der Waals surface area (Å²) < 4.78 is 118. The average molecular weight is 404 g/mol. The standard InChI is InChI=1S/C12H7ClF9NO2/c1-5(24)23(12(20,21)22)7-3-2-6(13)4-8(7)25-11(18,19)9(14)10(15,16)17/h2-4,9H,1H3. The van der Waals surface area contributed by atoms with Gasteiger partial charge in [0.05, 0.1) is 5.69 Å². The van der Waals surface area contributed by atoms with E-state index < -0.39 is 52.0 Å². The Morgan fingerprint density at radius 1 is 1.12 bits per heavy atom. The summed E-state index contributed by atoms with van der Waals surface area (Å²) in [5.74, 6) is -3.28. The van der Waals surface area contributed by atoms with Crippen molar-refractivity contribution in [2.24, 2.45) is 0 Å². The summed E-state index contributed by atoms with van der Waals surface area (Å²) in [5.41, 5.74) is -1.39. The lowest BCUT2D eigenvalue weighted by atomic mass is 10.2. The van der Waals surface area contributed by atoms with Gasteiger partial charge in [0.1, 0.15) is 0 Å². The Hall–Kier alpha value is -1.85. The Bertz CT molecular complexity index is 644. The molecular weight excluding hydrogens is 397 g/mol. The van der Waals surface area contributed by atoms with Gasteiger partial charge in [-0.1, -0.05) is 11.6 Å². The normalized spacial score (nSPS) is 14.2. The Balaban J connectivity index is 3.42. The second-order valence-corrected chi connectivity index (χ2v) is 4.94. The zero-order chi connectivity index (χ0) is 19.8. The summed E-state index contributed by atoms with van der Waals surface area (Å²) in [6.45, 7) is 0.414. The fourth-order valence-electron chi connectivity index (χ4n) is 1.63. The summed E-state index contributed by atoms with van der Waals surface area (Å²) in [7, 11) is 0. The summed E-state index contributed by atoms with van der Waals surface area (Å²) in [6.07, 6.45) is -21.9. The molecule has 1 amide bonds. The molecule has 1 atom stereocenters. The van der Waals surface area contributed by atoms with Crippen LogP contribution in [0.5, 0.6) is 5.75 Å². The molecule has 0 N–H and O–H groups in total. The van der Waals surface area contributed by atoms with Gasteiger partial charge >= 0.3 is 18.6 Å². The number of benzene rings is 1. The number of carbonyl (C=O) groups is 1. The fraction of sp³-hybridized carbons (Fsp3) is 0.417. The SMILES string of the molecule is CC(=O)N(c1ccc(Cl)cc1OC(F)(F)C(F)C(F)(F)F)C(F)(F)F. The third-order valence-electron chi connectivity index (χ3n) is 2.56. The van der Waals surface area contributed by atoms with Crippen molar-refractivity contribution in [1.29, 1.82) is 0 Å². The van der Waals surface area contributed by atoms with E-state index in [9.17, 15) is 44.3 Å².